The van der Waals surface area contributed by atoms with Crippen LogP contribution in [0.5, 0.6) is 0 Å². The first-order valence-corrected chi connectivity index (χ1v) is 9.90. The van der Waals surface area contributed by atoms with Gasteiger partial charge in [0, 0.05) is 11.1 Å². The van der Waals surface area contributed by atoms with Crippen LogP contribution in [0.4, 0.5) is 0 Å². The number of nitrogens with zero attached hydrogens (tertiary/aromatic N) is 5. The van der Waals surface area contributed by atoms with Crippen LogP contribution in [0, 0.1) is 12.8 Å². The number of thioether (sulfide) groups is 1. The second-order valence-electron chi connectivity index (χ2n) is 6.16. The third-order valence-electron chi connectivity index (χ3n) is 3.60. The molecule has 7 heteroatoms. The summed E-state index contributed by atoms with van der Waals surface area (Å²) < 4.78 is 1.77. The van der Waals surface area contributed by atoms with Crippen LogP contribution in [0.3, 0.4) is 0 Å². The minimum atomic E-state index is 0.714. The second-order valence-corrected chi connectivity index (χ2v) is 8.05. The summed E-state index contributed by atoms with van der Waals surface area (Å²) in [4.78, 5) is 4.72. The van der Waals surface area contributed by atoms with E-state index in [1.54, 1.807) is 27.8 Å². The molecule has 0 aliphatic heterocycles. The molecule has 0 radical (unpaired) electrons. The normalized spacial score (nSPS) is 11.3. The molecule has 2 heterocycles. The van der Waals surface area contributed by atoms with Crippen molar-refractivity contribution >= 4 is 23.1 Å². The lowest BCUT2D eigenvalue weighted by atomic mass is 10.1. The quantitative estimate of drug-likeness (QED) is 0.588. The van der Waals surface area contributed by atoms with E-state index in [1.807, 2.05) is 12.1 Å². The highest BCUT2D eigenvalue weighted by Gasteiger charge is 2.11. The van der Waals surface area contributed by atoms with Gasteiger partial charge >= 0.3 is 0 Å². The average Bonchev–Trinajstić information content (AvgIpc) is 3.21. The van der Waals surface area contributed by atoms with Gasteiger partial charge in [-0.25, -0.2) is 4.98 Å². The molecule has 0 aliphatic carbocycles. The zero-order valence-corrected chi connectivity index (χ0v) is 15.8. The molecule has 24 heavy (non-hydrogen) atoms. The summed E-state index contributed by atoms with van der Waals surface area (Å²) >= 11 is 3.36. The van der Waals surface area contributed by atoms with E-state index in [0.29, 0.717) is 5.92 Å². The standard InChI is InChI=1S/C17H21N5S2/c1-12(2)4-9-16-18-14(10-23-16)11-24-17-19-20-21-22(17)15-7-5-13(3)6-8-15/h5-8,10,12H,4,9,11H2,1-3H3. The largest absolute Gasteiger partial charge is 0.245 e. The Bertz CT molecular complexity index is 776. The molecule has 5 nitrogen and oxygen atoms in total. The van der Waals surface area contributed by atoms with Crippen molar-refractivity contribution in [3.8, 4) is 5.69 Å². The summed E-state index contributed by atoms with van der Waals surface area (Å²) in [6.45, 7) is 6.56. The first kappa shape index (κ1) is 17.1. The molecular weight excluding hydrogens is 338 g/mol. The van der Waals surface area contributed by atoms with Gasteiger partial charge in [-0.2, -0.15) is 4.68 Å². The highest BCUT2D eigenvalue weighted by molar-refractivity contribution is 7.98. The van der Waals surface area contributed by atoms with Gasteiger partial charge in [0.1, 0.15) is 0 Å². The molecule has 0 amide bonds. The van der Waals surface area contributed by atoms with Crippen LogP contribution in [-0.2, 0) is 12.2 Å². The molecule has 0 bridgehead atoms. The van der Waals surface area contributed by atoms with Crippen LogP contribution in [-0.4, -0.2) is 25.2 Å². The fraction of sp³-hybridized carbons (Fsp3) is 0.412. The maximum Gasteiger partial charge on any atom is 0.214 e. The van der Waals surface area contributed by atoms with Gasteiger partial charge in [-0.15, -0.1) is 16.4 Å². The number of rotatable bonds is 7. The Labute approximate surface area is 150 Å². The summed E-state index contributed by atoms with van der Waals surface area (Å²) in [5, 5.41) is 16.2. The van der Waals surface area contributed by atoms with E-state index >= 15 is 0 Å². The topological polar surface area (TPSA) is 56.5 Å². The lowest BCUT2D eigenvalue weighted by molar-refractivity contribution is 0.585. The molecule has 126 valence electrons. The van der Waals surface area contributed by atoms with Gasteiger partial charge in [0.25, 0.3) is 0 Å². The minimum Gasteiger partial charge on any atom is -0.245 e. The van der Waals surface area contributed by atoms with Gasteiger partial charge in [0.2, 0.25) is 5.16 Å². The molecule has 0 atom stereocenters. The number of benzene rings is 1. The van der Waals surface area contributed by atoms with Crippen LogP contribution in [0.15, 0.2) is 34.8 Å². The average molecular weight is 360 g/mol. The van der Waals surface area contributed by atoms with Crippen molar-refractivity contribution in [3.05, 3.63) is 45.9 Å². The maximum absolute atomic E-state index is 4.72. The van der Waals surface area contributed by atoms with Crippen molar-refractivity contribution in [3.63, 3.8) is 0 Å². The molecule has 0 fully saturated rings. The Morgan fingerprint density at radius 3 is 2.75 bits per heavy atom. The van der Waals surface area contributed by atoms with Crippen LogP contribution >= 0.6 is 23.1 Å². The van der Waals surface area contributed by atoms with Crippen LogP contribution in [0.2, 0.25) is 0 Å². The van der Waals surface area contributed by atoms with Gasteiger partial charge in [-0.3, -0.25) is 0 Å². The summed E-state index contributed by atoms with van der Waals surface area (Å²) in [7, 11) is 0. The smallest absolute Gasteiger partial charge is 0.214 e. The molecule has 3 rings (SSSR count). The van der Waals surface area contributed by atoms with Crippen molar-refractivity contribution in [1.29, 1.82) is 0 Å². The number of hydrogen-bond donors (Lipinski definition) is 0. The minimum absolute atomic E-state index is 0.714. The van der Waals surface area contributed by atoms with E-state index in [9.17, 15) is 0 Å². The van der Waals surface area contributed by atoms with E-state index < -0.39 is 0 Å². The fourth-order valence-electron chi connectivity index (χ4n) is 2.20. The van der Waals surface area contributed by atoms with Gasteiger partial charge < -0.3 is 0 Å². The Hall–Kier alpha value is -1.73. The van der Waals surface area contributed by atoms with Crippen molar-refractivity contribution in [1.82, 2.24) is 25.2 Å². The molecule has 0 saturated heterocycles. The highest BCUT2D eigenvalue weighted by Crippen LogP contribution is 2.24. The summed E-state index contributed by atoms with van der Waals surface area (Å²) in [6, 6.07) is 8.19. The third kappa shape index (κ3) is 4.42. The molecule has 2 aromatic heterocycles. The third-order valence-corrected chi connectivity index (χ3v) is 5.51. The lowest BCUT2D eigenvalue weighted by Crippen LogP contribution is -1.99. The number of hydrogen-bond acceptors (Lipinski definition) is 6. The Balaban J connectivity index is 1.63. The van der Waals surface area contributed by atoms with E-state index in [0.717, 1.165) is 28.7 Å². The number of aryl methyl sites for hydroxylation is 2. The monoisotopic (exact) mass is 359 g/mol. The number of tetrazole rings is 1. The van der Waals surface area contributed by atoms with Gasteiger partial charge in [-0.05, 0) is 48.2 Å². The molecular formula is C17H21N5S2. The van der Waals surface area contributed by atoms with E-state index in [2.05, 4.69) is 53.8 Å². The molecule has 1 aromatic carbocycles. The zero-order valence-electron chi connectivity index (χ0n) is 14.1. The molecule has 0 unspecified atom stereocenters. The SMILES string of the molecule is Cc1ccc(-n2nnnc2SCc2csc(CCC(C)C)n2)cc1. The molecule has 0 spiro atoms. The Morgan fingerprint density at radius 1 is 1.21 bits per heavy atom. The van der Waals surface area contributed by atoms with E-state index in [1.165, 1.54) is 17.0 Å². The molecule has 0 saturated carbocycles. The molecule has 0 aliphatic rings. The number of aromatic nitrogens is 5. The predicted molar refractivity (Wildman–Crippen MR) is 98.7 cm³/mol. The van der Waals surface area contributed by atoms with Gasteiger partial charge in [0.15, 0.2) is 0 Å². The van der Waals surface area contributed by atoms with Crippen LogP contribution in [0.25, 0.3) is 5.69 Å². The number of thiazole rings is 1. The van der Waals surface area contributed by atoms with Crippen molar-refractivity contribution in [2.45, 2.75) is 44.5 Å². The summed E-state index contributed by atoms with van der Waals surface area (Å²) in [5.74, 6) is 1.50. The van der Waals surface area contributed by atoms with Gasteiger partial charge in [0.05, 0.1) is 16.4 Å². The zero-order chi connectivity index (χ0) is 16.9. The van der Waals surface area contributed by atoms with E-state index in [4.69, 9.17) is 4.98 Å². The molecule has 3 aromatic rings. The van der Waals surface area contributed by atoms with Crippen molar-refractivity contribution in [2.24, 2.45) is 5.92 Å². The Morgan fingerprint density at radius 2 is 2.00 bits per heavy atom. The first-order valence-electron chi connectivity index (χ1n) is 8.03. The fourth-order valence-corrected chi connectivity index (χ4v) is 3.90. The first-order chi connectivity index (χ1) is 11.6. The summed E-state index contributed by atoms with van der Waals surface area (Å²) in [6.07, 6.45) is 2.25. The lowest BCUT2D eigenvalue weighted by Gasteiger charge is -2.04. The van der Waals surface area contributed by atoms with Crippen molar-refractivity contribution < 1.29 is 0 Å². The van der Waals surface area contributed by atoms with Gasteiger partial charge in [-0.1, -0.05) is 43.3 Å². The van der Waals surface area contributed by atoms with E-state index in [-0.39, 0.29) is 0 Å². The highest BCUT2D eigenvalue weighted by atomic mass is 32.2. The van der Waals surface area contributed by atoms with Crippen LogP contribution < -0.4 is 0 Å². The Kier molecular flexibility index (Phi) is 5.63. The second kappa shape index (κ2) is 7.90. The van der Waals surface area contributed by atoms with Crippen molar-refractivity contribution in [2.75, 3.05) is 0 Å². The molecule has 0 N–H and O–H groups in total. The predicted octanol–water partition coefficient (Wildman–Crippen LogP) is 4.31. The summed E-state index contributed by atoms with van der Waals surface area (Å²) in [5.41, 5.74) is 3.30. The maximum atomic E-state index is 4.72. The van der Waals surface area contributed by atoms with Crippen LogP contribution in [0.1, 0.15) is 36.5 Å².